The molecule has 0 bridgehead atoms. The minimum Gasteiger partial charge on any atom is -0.396 e. The average Bonchev–Trinajstić information content (AvgIpc) is 3.25. The maximum atomic E-state index is 9.43. The normalized spacial score (nSPS) is 16.1. The zero-order valence-corrected chi connectivity index (χ0v) is 13.7. The van der Waals surface area contributed by atoms with Crippen molar-refractivity contribution in [2.24, 2.45) is 5.41 Å². The molecule has 0 aliphatic heterocycles. The lowest BCUT2D eigenvalue weighted by molar-refractivity contribution is 0.219. The lowest BCUT2D eigenvalue weighted by Crippen LogP contribution is -2.21. The summed E-state index contributed by atoms with van der Waals surface area (Å²) in [7, 11) is 0. The van der Waals surface area contributed by atoms with E-state index in [0.29, 0.717) is 5.92 Å². The summed E-state index contributed by atoms with van der Waals surface area (Å²) < 4.78 is 0. The van der Waals surface area contributed by atoms with Gasteiger partial charge < -0.3 is 15.7 Å². The van der Waals surface area contributed by atoms with Gasteiger partial charge in [-0.25, -0.2) is 9.97 Å². The van der Waals surface area contributed by atoms with Crippen LogP contribution in [0.1, 0.15) is 57.3 Å². The molecule has 2 rings (SSSR count). The van der Waals surface area contributed by atoms with E-state index in [2.05, 4.69) is 41.4 Å². The van der Waals surface area contributed by atoms with Crippen LogP contribution in [-0.2, 0) is 0 Å². The molecule has 5 nitrogen and oxygen atoms in total. The third kappa shape index (κ3) is 3.84. The summed E-state index contributed by atoms with van der Waals surface area (Å²) in [6.07, 6.45) is 3.26. The summed E-state index contributed by atoms with van der Waals surface area (Å²) >= 11 is 0. The Morgan fingerprint density at radius 3 is 2.29 bits per heavy atom. The second kappa shape index (κ2) is 6.60. The first-order valence-corrected chi connectivity index (χ1v) is 7.98. The van der Waals surface area contributed by atoms with Crippen LogP contribution in [0.5, 0.6) is 0 Å². The number of nitrogens with one attached hydrogen (secondary N) is 2. The van der Waals surface area contributed by atoms with Gasteiger partial charge >= 0.3 is 0 Å². The largest absolute Gasteiger partial charge is 0.396 e. The molecular formula is C16H28N4O. The van der Waals surface area contributed by atoms with Crippen molar-refractivity contribution < 1.29 is 5.11 Å². The average molecular weight is 292 g/mol. The monoisotopic (exact) mass is 292 g/mol. The van der Waals surface area contributed by atoms with Crippen LogP contribution in [0.4, 0.5) is 11.6 Å². The quantitative estimate of drug-likeness (QED) is 0.687. The molecule has 5 heteroatoms. The van der Waals surface area contributed by atoms with E-state index in [9.17, 15) is 5.11 Å². The van der Waals surface area contributed by atoms with E-state index in [1.54, 1.807) is 0 Å². The molecule has 1 saturated carbocycles. The molecule has 21 heavy (non-hydrogen) atoms. The fourth-order valence-corrected chi connectivity index (χ4v) is 2.22. The summed E-state index contributed by atoms with van der Waals surface area (Å²) in [5.74, 6) is 2.97. The van der Waals surface area contributed by atoms with Gasteiger partial charge in [0.1, 0.15) is 17.5 Å². The highest BCUT2D eigenvalue weighted by molar-refractivity contribution is 5.57. The summed E-state index contributed by atoms with van der Waals surface area (Å²) in [4.78, 5) is 9.30. The van der Waals surface area contributed by atoms with E-state index in [1.807, 2.05) is 6.92 Å². The minimum atomic E-state index is 0.0758. The van der Waals surface area contributed by atoms with Crippen LogP contribution in [-0.4, -0.2) is 34.8 Å². The molecule has 0 amide bonds. The van der Waals surface area contributed by atoms with E-state index in [0.717, 1.165) is 55.4 Å². The van der Waals surface area contributed by atoms with Gasteiger partial charge in [-0.1, -0.05) is 20.8 Å². The van der Waals surface area contributed by atoms with Gasteiger partial charge in [0, 0.05) is 30.0 Å². The molecular weight excluding hydrogens is 264 g/mol. The van der Waals surface area contributed by atoms with Crippen LogP contribution in [0.15, 0.2) is 0 Å². The predicted molar refractivity (Wildman–Crippen MR) is 86.9 cm³/mol. The van der Waals surface area contributed by atoms with Crippen LogP contribution in [0.2, 0.25) is 0 Å². The number of aromatic nitrogens is 2. The number of hydrogen-bond acceptors (Lipinski definition) is 5. The fraction of sp³-hybridized carbons (Fsp3) is 0.750. The Hall–Kier alpha value is -1.36. The highest BCUT2D eigenvalue weighted by Crippen LogP contribution is 2.45. The predicted octanol–water partition coefficient (Wildman–Crippen LogP) is 2.91. The van der Waals surface area contributed by atoms with E-state index >= 15 is 0 Å². The zero-order chi connectivity index (χ0) is 15.5. The van der Waals surface area contributed by atoms with Crippen molar-refractivity contribution in [1.82, 2.24) is 9.97 Å². The molecule has 118 valence electrons. The lowest BCUT2D eigenvalue weighted by atomic mass is 10.1. The van der Waals surface area contributed by atoms with Gasteiger partial charge in [0.25, 0.3) is 0 Å². The van der Waals surface area contributed by atoms with Gasteiger partial charge in [0.15, 0.2) is 0 Å². The number of aliphatic hydroxyl groups is 1. The molecule has 0 radical (unpaired) electrons. The van der Waals surface area contributed by atoms with Gasteiger partial charge in [0.05, 0.1) is 6.61 Å². The van der Waals surface area contributed by atoms with Crippen molar-refractivity contribution in [2.75, 3.05) is 30.3 Å². The van der Waals surface area contributed by atoms with Gasteiger partial charge in [-0.2, -0.15) is 0 Å². The molecule has 0 unspecified atom stereocenters. The second-order valence-corrected chi connectivity index (χ2v) is 6.50. The van der Waals surface area contributed by atoms with Crippen molar-refractivity contribution >= 4 is 11.6 Å². The number of hydrogen-bond donors (Lipinski definition) is 3. The Morgan fingerprint density at radius 1 is 1.19 bits per heavy atom. The highest BCUT2D eigenvalue weighted by Gasteiger charge is 2.41. The first kappa shape index (κ1) is 16.0. The first-order chi connectivity index (χ1) is 10.0. The summed E-state index contributed by atoms with van der Waals surface area (Å²) in [6.45, 7) is 10.3. The van der Waals surface area contributed by atoms with Crippen LogP contribution in [0.25, 0.3) is 0 Å². The standard InChI is InChI=1S/C16H28N4O/c1-5-8-17-14-12(4)15(20-13(19-14)11(2)3)18-9-16(10-21)6-7-16/h11,21H,5-10H2,1-4H3,(H2,17,18,19,20). The van der Waals surface area contributed by atoms with Crippen LogP contribution in [0, 0.1) is 12.3 Å². The Balaban J connectivity index is 2.19. The van der Waals surface area contributed by atoms with Gasteiger partial charge in [0.2, 0.25) is 0 Å². The summed E-state index contributed by atoms with van der Waals surface area (Å²) in [5, 5.41) is 16.2. The first-order valence-electron chi connectivity index (χ1n) is 7.98. The van der Waals surface area contributed by atoms with E-state index in [1.165, 1.54) is 0 Å². The van der Waals surface area contributed by atoms with E-state index < -0.39 is 0 Å². The number of anilines is 2. The molecule has 1 aromatic rings. The summed E-state index contributed by atoms with van der Waals surface area (Å²) in [5.41, 5.74) is 1.13. The van der Waals surface area contributed by atoms with Crippen molar-refractivity contribution in [3.05, 3.63) is 11.4 Å². The van der Waals surface area contributed by atoms with Gasteiger partial charge in [-0.15, -0.1) is 0 Å². The lowest BCUT2D eigenvalue weighted by Gasteiger charge is -2.18. The van der Waals surface area contributed by atoms with Crippen LogP contribution in [0.3, 0.4) is 0 Å². The zero-order valence-electron chi connectivity index (χ0n) is 13.7. The smallest absolute Gasteiger partial charge is 0.135 e. The number of rotatable bonds is 8. The second-order valence-electron chi connectivity index (χ2n) is 6.50. The van der Waals surface area contributed by atoms with Crippen molar-refractivity contribution in [1.29, 1.82) is 0 Å². The molecule has 0 spiro atoms. The molecule has 1 fully saturated rings. The molecule has 1 heterocycles. The van der Waals surface area contributed by atoms with Crippen molar-refractivity contribution in [3.63, 3.8) is 0 Å². The minimum absolute atomic E-state index is 0.0758. The Kier molecular flexibility index (Phi) is 5.04. The van der Waals surface area contributed by atoms with Crippen molar-refractivity contribution in [3.8, 4) is 0 Å². The molecule has 1 aliphatic carbocycles. The Morgan fingerprint density at radius 2 is 1.81 bits per heavy atom. The third-order valence-corrected chi connectivity index (χ3v) is 4.15. The molecule has 1 aromatic heterocycles. The molecule has 3 N–H and O–H groups in total. The fourth-order valence-electron chi connectivity index (χ4n) is 2.22. The molecule has 0 atom stereocenters. The van der Waals surface area contributed by atoms with E-state index in [4.69, 9.17) is 0 Å². The van der Waals surface area contributed by atoms with Gasteiger partial charge in [-0.3, -0.25) is 0 Å². The van der Waals surface area contributed by atoms with Crippen molar-refractivity contribution in [2.45, 2.75) is 52.9 Å². The SMILES string of the molecule is CCCNc1nc(C(C)C)nc(NCC2(CO)CC2)c1C. The Bertz CT molecular complexity index is 483. The van der Waals surface area contributed by atoms with Crippen LogP contribution >= 0.6 is 0 Å². The topological polar surface area (TPSA) is 70.1 Å². The molecule has 0 saturated heterocycles. The van der Waals surface area contributed by atoms with E-state index in [-0.39, 0.29) is 12.0 Å². The highest BCUT2D eigenvalue weighted by atomic mass is 16.3. The van der Waals surface area contributed by atoms with Crippen LogP contribution < -0.4 is 10.6 Å². The molecule has 1 aliphatic rings. The maximum absolute atomic E-state index is 9.43. The summed E-state index contributed by atoms with van der Waals surface area (Å²) in [6, 6.07) is 0. The number of aliphatic hydroxyl groups excluding tert-OH is 1. The third-order valence-electron chi connectivity index (χ3n) is 4.15. The van der Waals surface area contributed by atoms with Gasteiger partial charge in [-0.05, 0) is 26.2 Å². The Labute approximate surface area is 127 Å². The maximum Gasteiger partial charge on any atom is 0.135 e. The molecule has 0 aromatic carbocycles. The number of nitrogens with zero attached hydrogens (tertiary/aromatic N) is 2.